The molecule has 6 atom stereocenters. The van der Waals surface area contributed by atoms with Crippen LogP contribution in [0.1, 0.15) is 25.8 Å². The van der Waals surface area contributed by atoms with Crippen LogP contribution in [0.15, 0.2) is 59.5 Å². The molecule has 2 aliphatic rings. The van der Waals surface area contributed by atoms with E-state index in [0.717, 1.165) is 5.56 Å². The molecule has 4 rings (SSSR count). The Balaban J connectivity index is 1.53. The molecular formula is C31H45N3O8S. The highest BCUT2D eigenvalue weighted by atomic mass is 32.2. The molecule has 11 nitrogen and oxygen atoms in total. The third kappa shape index (κ3) is 8.46. The van der Waals surface area contributed by atoms with Gasteiger partial charge in [-0.1, -0.05) is 44.2 Å². The number of fused-ring (bicyclic) bond motifs is 1. The summed E-state index contributed by atoms with van der Waals surface area (Å²) in [4.78, 5) is 15.5. The smallest absolute Gasteiger partial charge is 0.407 e. The van der Waals surface area contributed by atoms with Gasteiger partial charge in [0.25, 0.3) is 0 Å². The van der Waals surface area contributed by atoms with E-state index in [2.05, 4.69) is 5.32 Å². The molecule has 0 bridgehead atoms. The van der Waals surface area contributed by atoms with Crippen LogP contribution >= 0.6 is 0 Å². The van der Waals surface area contributed by atoms with Gasteiger partial charge >= 0.3 is 6.09 Å². The van der Waals surface area contributed by atoms with E-state index in [9.17, 15) is 18.3 Å². The average molecular weight is 620 g/mol. The third-order valence-corrected chi connectivity index (χ3v) is 9.79. The number of rotatable bonds is 13. The van der Waals surface area contributed by atoms with Gasteiger partial charge in [-0.05, 0) is 56.3 Å². The molecule has 2 aromatic carbocycles. The van der Waals surface area contributed by atoms with Crippen molar-refractivity contribution in [1.82, 2.24) is 14.5 Å². The molecule has 2 fully saturated rings. The number of nitrogens with zero attached hydrogens (tertiary/aromatic N) is 2. The summed E-state index contributed by atoms with van der Waals surface area (Å²) in [6.45, 7) is 4.67. The maximum Gasteiger partial charge on any atom is 0.407 e. The number of benzene rings is 2. The quantitative estimate of drug-likeness (QED) is 0.348. The van der Waals surface area contributed by atoms with Crippen molar-refractivity contribution < 1.29 is 37.3 Å². The third-order valence-electron chi connectivity index (χ3n) is 7.95. The van der Waals surface area contributed by atoms with Gasteiger partial charge in [0.2, 0.25) is 10.0 Å². The number of ether oxygens (including phenoxy) is 4. The van der Waals surface area contributed by atoms with Gasteiger partial charge in [-0.25, -0.2) is 13.2 Å². The number of sulfonamides is 1. The summed E-state index contributed by atoms with van der Waals surface area (Å²) in [6.07, 6.45) is -1.99. The van der Waals surface area contributed by atoms with Crippen molar-refractivity contribution in [2.24, 2.45) is 11.8 Å². The summed E-state index contributed by atoms with van der Waals surface area (Å²) in [6, 6.07) is 14.8. The second-order valence-electron chi connectivity index (χ2n) is 11.8. The number of hydrogen-bond donors (Lipinski definition) is 2. The zero-order valence-electron chi connectivity index (χ0n) is 25.6. The molecule has 0 unspecified atom stereocenters. The molecular weight excluding hydrogens is 574 g/mol. The van der Waals surface area contributed by atoms with E-state index >= 15 is 0 Å². The van der Waals surface area contributed by atoms with E-state index in [1.807, 2.05) is 63.2 Å². The predicted molar refractivity (Wildman–Crippen MR) is 161 cm³/mol. The maximum atomic E-state index is 13.7. The molecule has 2 heterocycles. The highest BCUT2D eigenvalue weighted by molar-refractivity contribution is 7.89. The van der Waals surface area contributed by atoms with Crippen molar-refractivity contribution >= 4 is 16.1 Å². The standard InChI is InChI=1S/C31H45N3O8S/c1-21(2)18-34(43(37,38)24-13-11-23(39-5)12-14-24)19-27(35)25(17-22-9-7-6-8-10-22)32-31(36)42-28-15-16-40-30-29(28)26(20-41-30)33(3)4/h6-14,21,25-30,35H,15-20H2,1-5H3,(H,32,36)/t25-,26-,27+,28-,29-,30-/m0/s1. The van der Waals surface area contributed by atoms with Gasteiger partial charge in [0.15, 0.2) is 6.29 Å². The zero-order valence-corrected chi connectivity index (χ0v) is 26.4. The van der Waals surface area contributed by atoms with Crippen molar-refractivity contribution in [1.29, 1.82) is 0 Å². The van der Waals surface area contributed by atoms with Crippen LogP contribution in [0.2, 0.25) is 0 Å². The van der Waals surface area contributed by atoms with Crippen molar-refractivity contribution in [3.8, 4) is 5.75 Å². The number of nitrogens with one attached hydrogen (secondary N) is 1. The van der Waals surface area contributed by atoms with Crippen LogP contribution in [0, 0.1) is 11.8 Å². The minimum atomic E-state index is -3.96. The first-order valence-corrected chi connectivity index (χ1v) is 16.2. The first-order valence-electron chi connectivity index (χ1n) is 14.7. The fourth-order valence-corrected chi connectivity index (χ4v) is 7.31. The predicted octanol–water partition coefficient (Wildman–Crippen LogP) is 2.73. The van der Waals surface area contributed by atoms with Gasteiger partial charge in [-0.15, -0.1) is 0 Å². The Hall–Kier alpha value is -2.74. The number of methoxy groups -OCH3 is 1. The molecule has 2 N–H and O–H groups in total. The number of carbonyl (C=O) groups excluding carboxylic acids is 1. The fraction of sp³-hybridized carbons (Fsp3) is 0.581. The minimum Gasteiger partial charge on any atom is -0.497 e. The summed E-state index contributed by atoms with van der Waals surface area (Å²) in [5.41, 5.74) is 0.878. The molecule has 2 aromatic rings. The summed E-state index contributed by atoms with van der Waals surface area (Å²) in [5, 5.41) is 14.4. The molecule has 0 radical (unpaired) electrons. The van der Waals surface area contributed by atoms with Crippen LogP contribution in [0.3, 0.4) is 0 Å². The lowest BCUT2D eigenvalue weighted by Crippen LogP contribution is -2.53. The average Bonchev–Trinajstić information content (AvgIpc) is 3.42. The lowest BCUT2D eigenvalue weighted by atomic mass is 9.91. The van der Waals surface area contributed by atoms with E-state index in [4.69, 9.17) is 18.9 Å². The molecule has 0 spiro atoms. The van der Waals surface area contributed by atoms with Crippen LogP contribution in [0.25, 0.3) is 0 Å². The topological polar surface area (TPSA) is 127 Å². The Bertz CT molecular complexity index is 1280. The lowest BCUT2D eigenvalue weighted by Gasteiger charge is -2.37. The molecule has 12 heteroatoms. The Kier molecular flexibility index (Phi) is 11.4. The highest BCUT2D eigenvalue weighted by Gasteiger charge is 2.48. The van der Waals surface area contributed by atoms with Crippen LogP contribution in [0.5, 0.6) is 5.75 Å². The van der Waals surface area contributed by atoms with Crippen LogP contribution in [-0.4, -0.2) is 107 Å². The molecule has 0 saturated carbocycles. The molecule has 2 aliphatic heterocycles. The Morgan fingerprint density at radius 1 is 1.07 bits per heavy atom. The molecule has 2 saturated heterocycles. The van der Waals surface area contributed by atoms with Crippen molar-refractivity contribution in [2.75, 3.05) is 47.5 Å². The van der Waals surface area contributed by atoms with Gasteiger partial charge in [0.1, 0.15) is 11.9 Å². The first-order chi connectivity index (χ1) is 20.5. The van der Waals surface area contributed by atoms with Crippen LogP contribution < -0.4 is 10.1 Å². The number of aliphatic hydroxyl groups is 1. The first kappa shape index (κ1) is 33.2. The van der Waals surface area contributed by atoms with Gasteiger partial charge in [-0.3, -0.25) is 0 Å². The van der Waals surface area contributed by atoms with Crippen molar-refractivity contribution in [2.45, 2.75) is 62.2 Å². The van der Waals surface area contributed by atoms with Gasteiger partial charge in [0, 0.05) is 25.6 Å². The zero-order chi connectivity index (χ0) is 31.1. The van der Waals surface area contributed by atoms with Crippen LogP contribution in [0.4, 0.5) is 4.79 Å². The van der Waals surface area contributed by atoms with E-state index in [1.165, 1.54) is 23.5 Å². The molecule has 1 amide bonds. The summed E-state index contributed by atoms with van der Waals surface area (Å²) < 4.78 is 51.4. The van der Waals surface area contributed by atoms with E-state index in [1.54, 1.807) is 12.1 Å². The monoisotopic (exact) mass is 619 g/mol. The fourth-order valence-electron chi connectivity index (χ4n) is 5.69. The summed E-state index contributed by atoms with van der Waals surface area (Å²) in [7, 11) is 1.47. The Morgan fingerprint density at radius 2 is 1.77 bits per heavy atom. The second-order valence-corrected chi connectivity index (χ2v) is 13.8. The molecule has 43 heavy (non-hydrogen) atoms. The largest absolute Gasteiger partial charge is 0.497 e. The minimum absolute atomic E-state index is 0.00883. The van der Waals surface area contributed by atoms with Gasteiger partial charge in [0.05, 0.1) is 43.3 Å². The lowest BCUT2D eigenvalue weighted by molar-refractivity contribution is -0.181. The number of carbonyl (C=O) groups is 1. The van der Waals surface area contributed by atoms with Crippen LogP contribution in [-0.2, 0) is 30.7 Å². The highest BCUT2D eigenvalue weighted by Crippen LogP contribution is 2.35. The second kappa shape index (κ2) is 14.8. The molecule has 0 aliphatic carbocycles. The van der Waals surface area contributed by atoms with Gasteiger partial charge < -0.3 is 34.3 Å². The molecule has 238 valence electrons. The molecule has 0 aromatic heterocycles. The maximum absolute atomic E-state index is 13.7. The Morgan fingerprint density at radius 3 is 2.40 bits per heavy atom. The summed E-state index contributed by atoms with van der Waals surface area (Å²) in [5.74, 6) is 0.380. The van der Waals surface area contributed by atoms with Crippen molar-refractivity contribution in [3.05, 3.63) is 60.2 Å². The Labute approximate surface area is 255 Å². The van der Waals surface area contributed by atoms with Gasteiger partial charge in [-0.2, -0.15) is 4.31 Å². The normalized spacial score (nSPS) is 23.7. The van der Waals surface area contributed by atoms with Crippen molar-refractivity contribution in [3.63, 3.8) is 0 Å². The number of aliphatic hydroxyl groups excluding tert-OH is 1. The number of hydrogen-bond acceptors (Lipinski definition) is 9. The van der Waals surface area contributed by atoms with E-state index in [-0.39, 0.29) is 42.3 Å². The number of amides is 1. The summed E-state index contributed by atoms with van der Waals surface area (Å²) >= 11 is 0. The van der Waals surface area contributed by atoms with E-state index < -0.39 is 40.7 Å². The van der Waals surface area contributed by atoms with E-state index in [0.29, 0.717) is 25.4 Å². The number of likely N-dealkylation sites (N-methyl/N-ethyl adjacent to an activating group) is 1. The number of alkyl carbamates (subject to hydrolysis) is 1. The SMILES string of the molecule is COc1ccc(S(=O)(=O)N(CC(C)C)C[C@@H](O)[C@H](Cc2ccccc2)NC(=O)O[C@H]2CCO[C@H]3OC[C@H](N(C)C)[C@H]32)cc1.